The number of nitrogens with one attached hydrogen (secondary N) is 1. The lowest BCUT2D eigenvalue weighted by Crippen LogP contribution is -2.22. The molecule has 0 amide bonds. The van der Waals surface area contributed by atoms with Crippen LogP contribution in [-0.4, -0.2) is 11.5 Å². The first-order valence-corrected chi connectivity index (χ1v) is 6.53. The summed E-state index contributed by atoms with van der Waals surface area (Å²) < 4.78 is 19.1. The lowest BCUT2D eigenvalue weighted by Gasteiger charge is -2.11. The number of hydrogen-bond acceptors (Lipinski definition) is 4. The minimum atomic E-state index is -0.817. The molecule has 0 aromatic heterocycles. The Bertz CT molecular complexity index is 690. The molecule has 1 unspecified atom stereocenters. The van der Waals surface area contributed by atoms with E-state index < -0.39 is 16.4 Å². The Labute approximate surface area is 120 Å². The summed E-state index contributed by atoms with van der Waals surface area (Å²) in [7, 11) is 0. The summed E-state index contributed by atoms with van der Waals surface area (Å²) in [5, 5.41) is 13.8. The van der Waals surface area contributed by atoms with Gasteiger partial charge in [-0.1, -0.05) is 24.3 Å². The number of halogens is 1. The smallest absolute Gasteiger partial charge is 0.304 e. The highest BCUT2D eigenvalue weighted by Crippen LogP contribution is 2.31. The summed E-state index contributed by atoms with van der Waals surface area (Å²) in [6, 6.07) is 11.7. The van der Waals surface area contributed by atoms with Gasteiger partial charge in [0.2, 0.25) is 5.82 Å². The molecule has 3 rings (SSSR count). The fraction of sp³-hybridized carbons (Fsp3) is 0.200. The van der Waals surface area contributed by atoms with Gasteiger partial charge in [-0.15, -0.1) is 0 Å². The predicted molar refractivity (Wildman–Crippen MR) is 74.6 cm³/mol. The van der Waals surface area contributed by atoms with Crippen molar-refractivity contribution < 1.29 is 14.1 Å². The molecule has 1 aliphatic heterocycles. The molecule has 6 heteroatoms. The molecule has 2 aromatic rings. The van der Waals surface area contributed by atoms with E-state index in [1.807, 2.05) is 24.3 Å². The van der Waals surface area contributed by atoms with E-state index in [0.29, 0.717) is 18.7 Å². The Balaban J connectivity index is 1.69. The highest BCUT2D eigenvalue weighted by atomic mass is 19.1. The lowest BCUT2D eigenvalue weighted by molar-refractivity contribution is -0.387. The number of benzene rings is 2. The largest absolute Gasteiger partial charge is 0.491 e. The predicted octanol–water partition coefficient (Wildman–Crippen LogP) is 2.96. The standard InChI is InChI=1S/C15H13FN2O3/c16-12-7-10(5-6-14(12)18(19)20)8-17-13-9-21-15-4-2-1-3-11(13)15/h1-7,13,17H,8-9H2. The third-order valence-electron chi connectivity index (χ3n) is 3.46. The summed E-state index contributed by atoms with van der Waals surface area (Å²) in [4.78, 5) is 9.84. The molecule has 0 saturated heterocycles. The number of fused-ring (bicyclic) bond motifs is 1. The Morgan fingerprint density at radius 2 is 2.14 bits per heavy atom. The zero-order chi connectivity index (χ0) is 14.8. The Morgan fingerprint density at radius 3 is 2.90 bits per heavy atom. The maximum atomic E-state index is 13.5. The summed E-state index contributed by atoms with van der Waals surface area (Å²) in [5.74, 6) is 0.0345. The van der Waals surface area contributed by atoms with Gasteiger partial charge in [-0.25, -0.2) is 0 Å². The number of nitro groups is 1. The van der Waals surface area contributed by atoms with E-state index in [1.165, 1.54) is 12.1 Å². The molecule has 0 spiro atoms. The number of nitrogens with zero attached hydrogens (tertiary/aromatic N) is 1. The SMILES string of the molecule is O=[N+]([O-])c1ccc(CNC2COc3ccccc32)cc1F. The summed E-state index contributed by atoms with van der Waals surface area (Å²) in [6.07, 6.45) is 0. The molecular weight excluding hydrogens is 275 g/mol. The summed E-state index contributed by atoms with van der Waals surface area (Å²) >= 11 is 0. The van der Waals surface area contributed by atoms with Crippen LogP contribution in [0.25, 0.3) is 0 Å². The number of hydrogen-bond donors (Lipinski definition) is 1. The molecule has 5 nitrogen and oxygen atoms in total. The van der Waals surface area contributed by atoms with Crippen LogP contribution in [-0.2, 0) is 6.54 Å². The average Bonchev–Trinajstić information content (AvgIpc) is 2.88. The molecule has 1 aliphatic rings. The van der Waals surface area contributed by atoms with E-state index in [0.717, 1.165) is 11.3 Å². The number of ether oxygens (including phenoxy) is 1. The van der Waals surface area contributed by atoms with Crippen molar-refractivity contribution in [3.05, 3.63) is 69.5 Å². The minimum absolute atomic E-state index is 0.0412. The van der Waals surface area contributed by atoms with Gasteiger partial charge in [-0.2, -0.15) is 4.39 Å². The normalized spacial score (nSPS) is 16.3. The first-order valence-electron chi connectivity index (χ1n) is 6.53. The molecule has 21 heavy (non-hydrogen) atoms. The molecule has 0 saturated carbocycles. The second kappa shape index (κ2) is 5.49. The highest BCUT2D eigenvalue weighted by molar-refractivity contribution is 5.39. The topological polar surface area (TPSA) is 64.4 Å². The first kappa shape index (κ1) is 13.5. The van der Waals surface area contributed by atoms with Gasteiger partial charge in [-0.05, 0) is 17.7 Å². The zero-order valence-corrected chi connectivity index (χ0v) is 11.1. The fourth-order valence-corrected chi connectivity index (χ4v) is 2.38. The van der Waals surface area contributed by atoms with Gasteiger partial charge in [0.15, 0.2) is 0 Å². The van der Waals surface area contributed by atoms with Crippen LogP contribution >= 0.6 is 0 Å². The molecule has 0 radical (unpaired) electrons. The Kier molecular flexibility index (Phi) is 3.53. The van der Waals surface area contributed by atoms with E-state index in [2.05, 4.69) is 5.32 Å². The van der Waals surface area contributed by atoms with E-state index in [1.54, 1.807) is 6.07 Å². The molecule has 1 heterocycles. The van der Waals surface area contributed by atoms with E-state index in [9.17, 15) is 14.5 Å². The first-order chi connectivity index (χ1) is 10.1. The van der Waals surface area contributed by atoms with Crippen molar-refractivity contribution in [2.24, 2.45) is 0 Å². The van der Waals surface area contributed by atoms with Crippen LogP contribution in [0.15, 0.2) is 42.5 Å². The number of nitro benzene ring substituents is 1. The van der Waals surface area contributed by atoms with Crippen molar-refractivity contribution in [3.63, 3.8) is 0 Å². The van der Waals surface area contributed by atoms with Crippen molar-refractivity contribution >= 4 is 5.69 Å². The molecule has 1 N–H and O–H groups in total. The quantitative estimate of drug-likeness (QED) is 0.694. The van der Waals surface area contributed by atoms with Crippen molar-refractivity contribution in [2.75, 3.05) is 6.61 Å². The van der Waals surface area contributed by atoms with Gasteiger partial charge in [0, 0.05) is 18.2 Å². The third kappa shape index (κ3) is 2.71. The molecule has 0 aliphatic carbocycles. The van der Waals surface area contributed by atoms with Crippen LogP contribution in [0.1, 0.15) is 17.2 Å². The molecule has 1 atom stereocenters. The molecule has 2 aromatic carbocycles. The van der Waals surface area contributed by atoms with Gasteiger partial charge in [-0.3, -0.25) is 10.1 Å². The fourth-order valence-electron chi connectivity index (χ4n) is 2.38. The minimum Gasteiger partial charge on any atom is -0.491 e. The average molecular weight is 288 g/mol. The van der Waals surface area contributed by atoms with Crippen LogP contribution in [0, 0.1) is 15.9 Å². The maximum Gasteiger partial charge on any atom is 0.304 e. The maximum absolute atomic E-state index is 13.5. The zero-order valence-electron chi connectivity index (χ0n) is 11.1. The van der Waals surface area contributed by atoms with E-state index in [4.69, 9.17) is 4.74 Å². The van der Waals surface area contributed by atoms with Crippen molar-refractivity contribution in [1.29, 1.82) is 0 Å². The van der Waals surface area contributed by atoms with Crippen LogP contribution in [0.3, 0.4) is 0 Å². The second-order valence-corrected chi connectivity index (χ2v) is 4.83. The van der Waals surface area contributed by atoms with Crippen LogP contribution in [0.2, 0.25) is 0 Å². The van der Waals surface area contributed by atoms with Gasteiger partial charge >= 0.3 is 5.69 Å². The number of rotatable bonds is 4. The highest BCUT2D eigenvalue weighted by Gasteiger charge is 2.23. The lowest BCUT2D eigenvalue weighted by atomic mass is 10.1. The van der Waals surface area contributed by atoms with Gasteiger partial charge in [0.25, 0.3) is 0 Å². The van der Waals surface area contributed by atoms with E-state index >= 15 is 0 Å². The van der Waals surface area contributed by atoms with Crippen molar-refractivity contribution in [1.82, 2.24) is 5.32 Å². The molecule has 0 fully saturated rings. The van der Waals surface area contributed by atoms with Gasteiger partial charge in [0.05, 0.1) is 11.0 Å². The van der Waals surface area contributed by atoms with Crippen LogP contribution < -0.4 is 10.1 Å². The van der Waals surface area contributed by atoms with Crippen LogP contribution in [0.4, 0.5) is 10.1 Å². The summed E-state index contributed by atoms with van der Waals surface area (Å²) in [5.41, 5.74) is 1.22. The second-order valence-electron chi connectivity index (χ2n) is 4.83. The Hall–Kier alpha value is -2.47. The van der Waals surface area contributed by atoms with Gasteiger partial charge in [0.1, 0.15) is 12.4 Å². The van der Waals surface area contributed by atoms with Crippen molar-refractivity contribution in [2.45, 2.75) is 12.6 Å². The van der Waals surface area contributed by atoms with Gasteiger partial charge < -0.3 is 10.1 Å². The number of para-hydroxylation sites is 1. The van der Waals surface area contributed by atoms with Crippen molar-refractivity contribution in [3.8, 4) is 5.75 Å². The molecule has 0 bridgehead atoms. The van der Waals surface area contributed by atoms with Crippen LogP contribution in [0.5, 0.6) is 5.75 Å². The summed E-state index contributed by atoms with van der Waals surface area (Å²) in [6.45, 7) is 0.937. The van der Waals surface area contributed by atoms with E-state index in [-0.39, 0.29) is 6.04 Å². The molecular formula is C15H13FN2O3. The Morgan fingerprint density at radius 1 is 1.33 bits per heavy atom. The monoisotopic (exact) mass is 288 g/mol. The molecule has 108 valence electrons. The third-order valence-corrected chi connectivity index (χ3v) is 3.46.